The van der Waals surface area contributed by atoms with Crippen molar-refractivity contribution in [3.63, 3.8) is 0 Å². The van der Waals surface area contributed by atoms with Crippen molar-refractivity contribution in [3.05, 3.63) is 167 Å². The molecule has 14 nitrogen and oxygen atoms in total. The smallest absolute Gasteiger partial charge is 0.519 e. The number of carboxylic acid groups (broad SMARTS) is 4. The Labute approximate surface area is 379 Å². The van der Waals surface area contributed by atoms with Gasteiger partial charge in [-0.25, -0.2) is 9.59 Å². The number of rotatable bonds is 18. The van der Waals surface area contributed by atoms with Gasteiger partial charge in [0.1, 0.15) is 23.0 Å². The van der Waals surface area contributed by atoms with Crippen LogP contribution in [0.2, 0.25) is 0 Å². The molecule has 0 aromatic heterocycles. The van der Waals surface area contributed by atoms with Gasteiger partial charge in [-0.3, -0.25) is 19.4 Å². The molecule has 7 aromatic carbocycles. The van der Waals surface area contributed by atoms with Gasteiger partial charge < -0.3 is 39.0 Å². The number of aliphatic carboxylic acids is 2. The SMILES string of the molecule is O=C(O)CCN(Cc1ccccc1B1Oc2ccc(C(=O)O)cc2O1)Cc1c2ccccc2c(CN(CCC(=O)O)Cc2ccccc2B2Oc3ccc(C(=O)O)cc3O2)c2ccccc12. The van der Waals surface area contributed by atoms with E-state index in [4.69, 9.17) is 18.6 Å². The third-order valence-corrected chi connectivity index (χ3v) is 11.9. The van der Waals surface area contributed by atoms with Gasteiger partial charge in [0.2, 0.25) is 0 Å². The molecule has 2 aliphatic rings. The molecule has 0 radical (unpaired) electrons. The van der Waals surface area contributed by atoms with E-state index in [1.165, 1.54) is 24.3 Å². The predicted molar refractivity (Wildman–Crippen MR) is 247 cm³/mol. The molecule has 0 aliphatic carbocycles. The third-order valence-electron chi connectivity index (χ3n) is 11.9. The van der Waals surface area contributed by atoms with Crippen LogP contribution in [-0.2, 0) is 35.8 Å². The van der Waals surface area contributed by atoms with Gasteiger partial charge in [0.25, 0.3) is 0 Å². The van der Waals surface area contributed by atoms with E-state index >= 15 is 0 Å². The van der Waals surface area contributed by atoms with Crippen LogP contribution < -0.4 is 29.5 Å². The minimum absolute atomic E-state index is 0.0752. The lowest BCUT2D eigenvalue weighted by molar-refractivity contribution is -0.138. The van der Waals surface area contributed by atoms with Gasteiger partial charge >= 0.3 is 38.1 Å². The highest BCUT2D eigenvalue weighted by Gasteiger charge is 2.38. The van der Waals surface area contributed by atoms with Crippen LogP contribution in [0.15, 0.2) is 133 Å². The molecule has 0 atom stereocenters. The predicted octanol–water partition coefficient (Wildman–Crippen LogP) is 6.68. The molecule has 9 rings (SSSR count). The molecule has 330 valence electrons. The fourth-order valence-corrected chi connectivity index (χ4v) is 8.75. The second-order valence-electron chi connectivity index (χ2n) is 16.2. The highest BCUT2D eigenvalue weighted by molar-refractivity contribution is 6.64. The molecule has 16 heteroatoms. The van der Waals surface area contributed by atoms with E-state index in [-0.39, 0.29) is 37.1 Å². The number of carboxylic acids is 4. The van der Waals surface area contributed by atoms with Gasteiger partial charge in [-0.1, -0.05) is 97.1 Å². The summed E-state index contributed by atoms with van der Waals surface area (Å²) >= 11 is 0. The molecule has 2 aliphatic heterocycles. The summed E-state index contributed by atoms with van der Waals surface area (Å²) in [6.07, 6.45) is -0.218. The summed E-state index contributed by atoms with van der Waals surface area (Å²) in [5, 5.41) is 42.7. The molecule has 2 heterocycles. The largest absolute Gasteiger partial charge is 0.633 e. The maximum Gasteiger partial charge on any atom is 0.633 e. The number of aromatic carboxylic acids is 2. The monoisotopic (exact) mass is 884 g/mol. The van der Waals surface area contributed by atoms with Crippen LogP contribution in [0.3, 0.4) is 0 Å². The molecule has 7 aromatic rings. The molecule has 0 amide bonds. The summed E-state index contributed by atoms with van der Waals surface area (Å²) in [7, 11) is -1.69. The Morgan fingerprint density at radius 2 is 0.773 bits per heavy atom. The standard InChI is InChI=1S/C50H42B2N2O12/c55-47(56)21-23-53(27-33-9-1-7-15-41(33)51-63-43-19-17-31(49(59)60)25-45(43)65-51)29-39-35-11-3-5-13-37(35)40(38-14-6-4-12-36(38)39)30-54(24-22-48(57)58)28-34-10-2-8-16-42(34)52-64-44-20-18-32(50(61)62)26-46(44)66-52/h1-20,25-26H,21-24,27-30H2,(H,55,56)(H,57,58)(H,59,60)(H,61,62). The van der Waals surface area contributed by atoms with Crippen LogP contribution in [0.25, 0.3) is 21.5 Å². The highest BCUT2D eigenvalue weighted by atomic mass is 16.6. The van der Waals surface area contributed by atoms with Gasteiger partial charge in [0, 0.05) is 50.2 Å². The first kappa shape index (κ1) is 43.4. The van der Waals surface area contributed by atoms with Crippen molar-refractivity contribution in [1.82, 2.24) is 9.80 Å². The van der Waals surface area contributed by atoms with Gasteiger partial charge in [0.05, 0.1) is 24.0 Å². The Bertz CT molecular complexity index is 2780. The highest BCUT2D eigenvalue weighted by Crippen LogP contribution is 2.38. The fourth-order valence-electron chi connectivity index (χ4n) is 8.75. The van der Waals surface area contributed by atoms with Crippen LogP contribution in [0.5, 0.6) is 23.0 Å². The Balaban J connectivity index is 1.04. The molecule has 0 spiro atoms. The average Bonchev–Trinajstić information content (AvgIpc) is 3.95. The van der Waals surface area contributed by atoms with Gasteiger partial charge in [-0.15, -0.1) is 0 Å². The summed E-state index contributed by atoms with van der Waals surface area (Å²) in [6, 6.07) is 40.3. The number of hydrogen-bond acceptors (Lipinski definition) is 10. The van der Waals surface area contributed by atoms with Crippen molar-refractivity contribution in [1.29, 1.82) is 0 Å². The average molecular weight is 885 g/mol. The van der Waals surface area contributed by atoms with Crippen LogP contribution in [-0.4, -0.2) is 81.4 Å². The van der Waals surface area contributed by atoms with Crippen molar-refractivity contribution in [3.8, 4) is 23.0 Å². The lowest BCUT2D eigenvalue weighted by Crippen LogP contribution is -2.42. The summed E-state index contributed by atoms with van der Waals surface area (Å²) in [5.74, 6) is -2.54. The summed E-state index contributed by atoms with van der Waals surface area (Å²) in [5.41, 5.74) is 5.29. The van der Waals surface area contributed by atoms with Crippen molar-refractivity contribution in [2.45, 2.75) is 39.0 Å². The first-order valence-electron chi connectivity index (χ1n) is 21.4. The molecule has 0 fully saturated rings. The molecule has 0 saturated heterocycles. The third kappa shape index (κ3) is 9.23. The van der Waals surface area contributed by atoms with Gasteiger partial charge in [-0.05, 0) is 80.2 Å². The minimum atomic E-state index is -1.08. The number of carbonyl (C=O) groups is 4. The topological polar surface area (TPSA) is 193 Å². The first-order chi connectivity index (χ1) is 32.0. The number of fused-ring (bicyclic) bond motifs is 4. The van der Waals surface area contributed by atoms with E-state index in [0.29, 0.717) is 49.2 Å². The summed E-state index contributed by atoms with van der Waals surface area (Å²) < 4.78 is 24.6. The van der Waals surface area contributed by atoms with Gasteiger partial charge in [-0.2, -0.15) is 0 Å². The first-order valence-corrected chi connectivity index (χ1v) is 21.4. The van der Waals surface area contributed by atoms with Crippen molar-refractivity contribution >= 4 is 70.6 Å². The van der Waals surface area contributed by atoms with Crippen molar-refractivity contribution in [2.24, 2.45) is 0 Å². The molecule has 4 N–H and O–H groups in total. The van der Waals surface area contributed by atoms with E-state index < -0.39 is 38.1 Å². The Hall–Kier alpha value is -7.81. The second kappa shape index (κ2) is 18.7. The van der Waals surface area contributed by atoms with Crippen LogP contribution in [0.4, 0.5) is 0 Å². The van der Waals surface area contributed by atoms with Crippen molar-refractivity contribution < 1.29 is 58.2 Å². The van der Waals surface area contributed by atoms with Crippen LogP contribution >= 0.6 is 0 Å². The van der Waals surface area contributed by atoms with E-state index in [1.54, 1.807) is 12.1 Å². The molecule has 66 heavy (non-hydrogen) atoms. The Kier molecular flexibility index (Phi) is 12.3. The zero-order chi connectivity index (χ0) is 45.9. The quantitative estimate of drug-likeness (QED) is 0.0527. The van der Waals surface area contributed by atoms with E-state index in [0.717, 1.165) is 54.7 Å². The molecule has 0 bridgehead atoms. The Morgan fingerprint density at radius 3 is 1.14 bits per heavy atom. The molecule has 0 unspecified atom stereocenters. The van der Waals surface area contributed by atoms with Crippen LogP contribution in [0, 0.1) is 0 Å². The Morgan fingerprint density at radius 1 is 0.424 bits per heavy atom. The zero-order valence-electron chi connectivity index (χ0n) is 35.5. The maximum absolute atomic E-state index is 12.1. The molecular formula is C50H42B2N2O12. The lowest BCUT2D eigenvalue weighted by Gasteiger charge is -2.28. The molecule has 0 saturated carbocycles. The molecular weight excluding hydrogens is 842 g/mol. The number of benzene rings is 7. The minimum Gasteiger partial charge on any atom is -0.519 e. The van der Waals surface area contributed by atoms with Gasteiger partial charge in [0.15, 0.2) is 0 Å². The maximum atomic E-state index is 12.1. The van der Waals surface area contributed by atoms with Crippen molar-refractivity contribution in [2.75, 3.05) is 13.1 Å². The number of nitrogens with zero attached hydrogens (tertiary/aromatic N) is 2. The zero-order valence-corrected chi connectivity index (χ0v) is 35.5. The normalized spacial score (nSPS) is 12.7. The van der Waals surface area contributed by atoms with E-state index in [9.17, 15) is 39.6 Å². The number of hydrogen-bond donors (Lipinski definition) is 4. The lowest BCUT2D eigenvalue weighted by atomic mass is 9.76. The summed E-state index contributed by atoms with van der Waals surface area (Å²) in [4.78, 5) is 51.7. The summed E-state index contributed by atoms with van der Waals surface area (Å²) in [6.45, 7) is 1.90. The fraction of sp³-hybridized carbons (Fsp3) is 0.160. The van der Waals surface area contributed by atoms with Crippen LogP contribution in [0.1, 0.15) is 55.8 Å². The van der Waals surface area contributed by atoms with E-state index in [1.807, 2.05) is 72.8 Å². The second-order valence-corrected chi connectivity index (χ2v) is 16.2. The van der Waals surface area contributed by atoms with E-state index in [2.05, 4.69) is 34.1 Å².